The minimum atomic E-state index is -4.01. The van der Waals surface area contributed by atoms with Gasteiger partial charge in [-0.3, -0.25) is 14.9 Å². The lowest BCUT2D eigenvalue weighted by molar-refractivity contribution is 0.0672. The van der Waals surface area contributed by atoms with E-state index in [0.29, 0.717) is 18.3 Å². The Kier molecular flexibility index (Phi) is 5.30. The lowest BCUT2D eigenvalue weighted by Crippen LogP contribution is -2.50. The van der Waals surface area contributed by atoms with Gasteiger partial charge in [0, 0.05) is 4.95 Å². The molecule has 1 aromatic rings. The third kappa shape index (κ3) is 4.72. The quantitative estimate of drug-likeness (QED) is 0.399. The molecule has 0 saturated carbocycles. The van der Waals surface area contributed by atoms with Crippen LogP contribution in [0.15, 0.2) is 52.7 Å². The molecule has 1 heterocycles. The molecule has 0 fully saturated rings. The van der Waals surface area contributed by atoms with Gasteiger partial charge in [0.15, 0.2) is 5.84 Å². The standard InChI is InChI=1S/C14H19N4O4P/c1-11-15-13(17-22-10-12-6-4-3-5-7-12)14(2,16-11)8-9-23(20,21)18-19/h3-7,16H,1,8-10H2,2H3,(H,15,17)(H,20,21). The first kappa shape index (κ1) is 17.3. The number of hydrogen-bond donors (Lipinski definition) is 3. The lowest BCUT2D eigenvalue weighted by Gasteiger charge is -2.27. The van der Waals surface area contributed by atoms with E-state index in [0.717, 1.165) is 5.56 Å². The summed E-state index contributed by atoms with van der Waals surface area (Å²) >= 11 is 0. The maximum atomic E-state index is 11.4. The third-order valence-corrected chi connectivity index (χ3v) is 4.53. The minimum absolute atomic E-state index is 0.173. The molecule has 23 heavy (non-hydrogen) atoms. The molecule has 0 radical (unpaired) electrons. The van der Waals surface area contributed by atoms with Crippen molar-refractivity contribution in [2.45, 2.75) is 25.5 Å². The second kappa shape index (κ2) is 7.04. The first-order valence-electron chi connectivity index (χ1n) is 6.99. The summed E-state index contributed by atoms with van der Waals surface area (Å²) in [7, 11) is -4.01. The van der Waals surface area contributed by atoms with Crippen LogP contribution in [0.1, 0.15) is 18.9 Å². The van der Waals surface area contributed by atoms with E-state index in [4.69, 9.17) is 4.84 Å². The molecular formula is C14H19N4O4P. The van der Waals surface area contributed by atoms with Gasteiger partial charge in [0.2, 0.25) is 0 Å². The molecule has 0 amide bonds. The third-order valence-electron chi connectivity index (χ3n) is 3.47. The Morgan fingerprint density at radius 3 is 2.83 bits per heavy atom. The fraction of sp³-hybridized carbons (Fsp3) is 0.357. The topological polar surface area (TPSA) is 112 Å². The van der Waals surface area contributed by atoms with Gasteiger partial charge in [0.05, 0.1) is 18.3 Å². The van der Waals surface area contributed by atoms with Gasteiger partial charge in [0.1, 0.15) is 5.82 Å². The first-order chi connectivity index (χ1) is 10.8. The highest BCUT2D eigenvalue weighted by Gasteiger charge is 2.38. The van der Waals surface area contributed by atoms with Gasteiger partial charge < -0.3 is 10.2 Å². The molecule has 8 nitrogen and oxygen atoms in total. The molecule has 2 rings (SSSR count). The lowest BCUT2D eigenvalue weighted by atomic mass is 9.99. The van der Waals surface area contributed by atoms with Crippen LogP contribution in [0.2, 0.25) is 0 Å². The van der Waals surface area contributed by atoms with Crippen LogP contribution in [0.5, 0.6) is 0 Å². The van der Waals surface area contributed by atoms with Crippen molar-refractivity contribution in [1.29, 1.82) is 0 Å². The number of nitrogens with zero attached hydrogens (tertiary/aromatic N) is 2. The molecule has 0 aromatic heterocycles. The first-order valence-corrected chi connectivity index (χ1v) is 8.79. The maximum absolute atomic E-state index is 11.4. The average molecular weight is 338 g/mol. The van der Waals surface area contributed by atoms with Crippen molar-refractivity contribution in [2.75, 3.05) is 6.16 Å². The molecule has 3 N–H and O–H groups in total. The second-order valence-electron chi connectivity index (χ2n) is 5.46. The molecule has 124 valence electrons. The monoisotopic (exact) mass is 338 g/mol. The molecule has 2 unspecified atom stereocenters. The second-order valence-corrected chi connectivity index (χ2v) is 7.40. The Bertz CT molecular complexity index is 664. The number of hydrogen-bond acceptors (Lipinski definition) is 6. The SMILES string of the molecule is C=C1N=C(NOCc2ccccc2)C(C)(CCP(=O)(O)N=O)N1. The molecular weight excluding hydrogens is 319 g/mol. The van der Waals surface area contributed by atoms with Gasteiger partial charge in [-0.25, -0.2) is 4.99 Å². The smallest absolute Gasteiger partial charge is 0.350 e. The number of hydroxylamine groups is 1. The van der Waals surface area contributed by atoms with Crippen LogP contribution in [-0.2, 0) is 16.0 Å². The van der Waals surface area contributed by atoms with Gasteiger partial charge in [-0.2, -0.15) is 0 Å². The molecule has 2 atom stereocenters. The number of rotatable bonds is 7. The molecule has 9 heteroatoms. The van der Waals surface area contributed by atoms with Crippen molar-refractivity contribution in [2.24, 2.45) is 9.94 Å². The molecule has 0 saturated heterocycles. The van der Waals surface area contributed by atoms with E-state index in [-0.39, 0.29) is 12.6 Å². The Hall–Kier alpha value is -2.02. The number of amidine groups is 1. The summed E-state index contributed by atoms with van der Waals surface area (Å²) in [5.74, 6) is 0.842. The van der Waals surface area contributed by atoms with Crippen LogP contribution in [-0.4, -0.2) is 22.4 Å². The van der Waals surface area contributed by atoms with E-state index in [9.17, 15) is 14.4 Å². The minimum Gasteiger partial charge on any atom is -0.358 e. The van der Waals surface area contributed by atoms with E-state index < -0.39 is 13.1 Å². The molecule has 0 aliphatic carbocycles. The van der Waals surface area contributed by atoms with Gasteiger partial charge >= 0.3 is 7.52 Å². The van der Waals surface area contributed by atoms with Crippen molar-refractivity contribution < 1.29 is 14.3 Å². The predicted octanol–water partition coefficient (Wildman–Crippen LogP) is 2.28. The number of nitrogens with one attached hydrogen (secondary N) is 2. The predicted molar refractivity (Wildman–Crippen MR) is 87.6 cm³/mol. The number of nitroso groups, excluding NO2 is 1. The molecule has 1 aliphatic heterocycles. The van der Waals surface area contributed by atoms with E-state index in [2.05, 4.69) is 27.3 Å². The van der Waals surface area contributed by atoms with Crippen LogP contribution in [0.4, 0.5) is 0 Å². The zero-order valence-corrected chi connectivity index (χ0v) is 13.6. The Balaban J connectivity index is 1.95. The summed E-state index contributed by atoms with van der Waals surface area (Å²) < 4.78 is 11.4. The van der Waals surface area contributed by atoms with E-state index in [1.54, 1.807) is 6.92 Å². The van der Waals surface area contributed by atoms with Crippen molar-refractivity contribution in [3.63, 3.8) is 0 Å². The van der Waals surface area contributed by atoms with Gasteiger partial charge in [-0.1, -0.05) is 36.9 Å². The summed E-state index contributed by atoms with van der Waals surface area (Å²) in [5.41, 5.74) is 2.95. The summed E-state index contributed by atoms with van der Waals surface area (Å²) in [6.07, 6.45) is -0.0846. The van der Waals surface area contributed by atoms with Crippen molar-refractivity contribution >= 4 is 13.4 Å². The highest BCUT2D eigenvalue weighted by Crippen LogP contribution is 2.43. The van der Waals surface area contributed by atoms with Gasteiger partial charge in [0.25, 0.3) is 0 Å². The summed E-state index contributed by atoms with van der Waals surface area (Å²) in [4.78, 5) is 31.5. The van der Waals surface area contributed by atoms with E-state index in [1.165, 1.54) is 0 Å². The van der Waals surface area contributed by atoms with Crippen molar-refractivity contribution in [3.05, 3.63) is 53.2 Å². The summed E-state index contributed by atoms with van der Waals surface area (Å²) in [6, 6.07) is 9.57. The van der Waals surface area contributed by atoms with Crippen LogP contribution in [0.3, 0.4) is 0 Å². The highest BCUT2D eigenvalue weighted by atomic mass is 31.2. The van der Waals surface area contributed by atoms with Gasteiger partial charge in [-0.15, -0.1) is 4.91 Å². The highest BCUT2D eigenvalue weighted by molar-refractivity contribution is 7.56. The number of aliphatic imine (C=N–C) groups is 1. The van der Waals surface area contributed by atoms with Crippen LogP contribution in [0.25, 0.3) is 0 Å². The van der Waals surface area contributed by atoms with Crippen molar-refractivity contribution in [1.82, 2.24) is 10.8 Å². The number of benzene rings is 1. The molecule has 0 bridgehead atoms. The zero-order valence-electron chi connectivity index (χ0n) is 12.7. The van der Waals surface area contributed by atoms with Gasteiger partial charge in [-0.05, 0) is 18.9 Å². The fourth-order valence-electron chi connectivity index (χ4n) is 2.15. The van der Waals surface area contributed by atoms with Crippen LogP contribution in [0, 0.1) is 4.91 Å². The summed E-state index contributed by atoms with van der Waals surface area (Å²) in [6.45, 7) is 5.82. The Morgan fingerprint density at radius 2 is 2.17 bits per heavy atom. The maximum Gasteiger partial charge on any atom is 0.350 e. The summed E-state index contributed by atoms with van der Waals surface area (Å²) in [5, 5.41) is 3.01. The fourth-order valence-corrected chi connectivity index (χ4v) is 2.97. The Morgan fingerprint density at radius 1 is 1.48 bits per heavy atom. The van der Waals surface area contributed by atoms with Crippen molar-refractivity contribution in [3.8, 4) is 0 Å². The normalized spacial score (nSPS) is 22.9. The average Bonchev–Trinajstić information content (AvgIpc) is 2.81. The van der Waals surface area contributed by atoms with E-state index in [1.807, 2.05) is 30.3 Å². The zero-order chi connectivity index (χ0) is 16.9. The van der Waals surface area contributed by atoms with Crippen LogP contribution >= 0.6 is 7.52 Å². The Labute approximate surface area is 134 Å². The molecule has 1 aliphatic rings. The molecule has 1 aromatic carbocycles. The molecule has 0 spiro atoms. The van der Waals surface area contributed by atoms with E-state index >= 15 is 0 Å². The largest absolute Gasteiger partial charge is 0.358 e. The van der Waals surface area contributed by atoms with Crippen LogP contribution < -0.4 is 10.8 Å².